The summed E-state index contributed by atoms with van der Waals surface area (Å²) in [6, 6.07) is 17.3. The normalized spacial score (nSPS) is 19.7. The summed E-state index contributed by atoms with van der Waals surface area (Å²) in [5.41, 5.74) is 8.70. The summed E-state index contributed by atoms with van der Waals surface area (Å²) in [6.45, 7) is 2.87. The number of hydrogen-bond acceptors (Lipinski definition) is 5. The average Bonchev–Trinajstić information content (AvgIpc) is 3.28. The van der Waals surface area contributed by atoms with Crippen molar-refractivity contribution < 1.29 is 9.32 Å². The molecule has 6 nitrogen and oxygen atoms in total. The second-order valence-electron chi connectivity index (χ2n) is 6.58. The van der Waals surface area contributed by atoms with Crippen molar-refractivity contribution in [3.8, 4) is 11.5 Å². The Balaban J connectivity index is 1.61. The van der Waals surface area contributed by atoms with E-state index in [0.29, 0.717) is 35.9 Å². The first-order chi connectivity index (χ1) is 12.6. The van der Waals surface area contributed by atoms with E-state index in [1.165, 1.54) is 0 Å². The number of rotatable bonds is 3. The molecule has 2 heterocycles. The van der Waals surface area contributed by atoms with Crippen LogP contribution in [-0.4, -0.2) is 40.1 Å². The van der Waals surface area contributed by atoms with Gasteiger partial charge >= 0.3 is 0 Å². The highest BCUT2D eigenvalue weighted by atomic mass is 16.5. The van der Waals surface area contributed by atoms with Crippen molar-refractivity contribution in [2.75, 3.05) is 13.1 Å². The van der Waals surface area contributed by atoms with E-state index < -0.39 is 0 Å². The lowest BCUT2D eigenvalue weighted by Gasteiger charge is -2.17. The lowest BCUT2D eigenvalue weighted by molar-refractivity contribution is 0.0789. The van der Waals surface area contributed by atoms with Crippen molar-refractivity contribution in [3.63, 3.8) is 0 Å². The molecule has 0 aliphatic carbocycles. The summed E-state index contributed by atoms with van der Waals surface area (Å²) in [6.07, 6.45) is 0. The largest absolute Gasteiger partial charge is 0.336 e. The Bertz CT molecular complexity index is 922. The highest BCUT2D eigenvalue weighted by Gasteiger charge is 2.35. The third kappa shape index (κ3) is 2.99. The molecule has 1 aliphatic rings. The van der Waals surface area contributed by atoms with Gasteiger partial charge < -0.3 is 15.2 Å². The summed E-state index contributed by atoms with van der Waals surface area (Å²) < 4.78 is 5.26. The van der Waals surface area contributed by atoms with Gasteiger partial charge in [0, 0.05) is 25.0 Å². The first-order valence-corrected chi connectivity index (χ1v) is 8.63. The van der Waals surface area contributed by atoms with Crippen LogP contribution in [0.25, 0.3) is 11.5 Å². The van der Waals surface area contributed by atoms with Crippen LogP contribution in [0.2, 0.25) is 0 Å². The molecule has 26 heavy (non-hydrogen) atoms. The zero-order chi connectivity index (χ0) is 18.1. The Morgan fingerprint density at radius 1 is 1.12 bits per heavy atom. The number of carbonyl (C=O) groups excluding carboxylic acids is 1. The van der Waals surface area contributed by atoms with Gasteiger partial charge in [0.25, 0.3) is 11.8 Å². The van der Waals surface area contributed by atoms with Gasteiger partial charge in [-0.3, -0.25) is 4.79 Å². The maximum absolute atomic E-state index is 13.2. The molecule has 1 amide bonds. The van der Waals surface area contributed by atoms with Crippen LogP contribution in [0.4, 0.5) is 0 Å². The van der Waals surface area contributed by atoms with Gasteiger partial charge in [-0.25, -0.2) is 0 Å². The van der Waals surface area contributed by atoms with E-state index in [0.717, 1.165) is 5.56 Å². The van der Waals surface area contributed by atoms with E-state index in [4.69, 9.17) is 10.3 Å². The molecule has 0 bridgehead atoms. The van der Waals surface area contributed by atoms with Crippen LogP contribution in [0.15, 0.2) is 59.1 Å². The highest BCUT2D eigenvalue weighted by molar-refractivity contribution is 6.00. The van der Waals surface area contributed by atoms with Gasteiger partial charge in [-0.1, -0.05) is 47.6 Å². The Labute approximate surface area is 151 Å². The molecule has 6 heteroatoms. The van der Waals surface area contributed by atoms with E-state index in [1.807, 2.05) is 41.3 Å². The number of benzene rings is 2. The predicted octanol–water partition coefficient (Wildman–Crippen LogP) is 2.61. The van der Waals surface area contributed by atoms with Crippen LogP contribution in [0, 0.1) is 6.92 Å². The topological polar surface area (TPSA) is 85.2 Å². The Morgan fingerprint density at radius 3 is 2.58 bits per heavy atom. The van der Waals surface area contributed by atoms with E-state index in [-0.39, 0.29) is 17.9 Å². The van der Waals surface area contributed by atoms with Gasteiger partial charge in [-0.05, 0) is 24.6 Å². The van der Waals surface area contributed by atoms with Crippen molar-refractivity contribution in [3.05, 3.63) is 71.5 Å². The maximum atomic E-state index is 13.2. The number of hydrogen-bond donors (Lipinski definition) is 1. The van der Waals surface area contributed by atoms with E-state index in [1.54, 1.807) is 13.0 Å². The van der Waals surface area contributed by atoms with Gasteiger partial charge in [0.2, 0.25) is 0 Å². The van der Waals surface area contributed by atoms with Crippen molar-refractivity contribution in [2.24, 2.45) is 5.73 Å². The zero-order valence-electron chi connectivity index (χ0n) is 14.5. The first kappa shape index (κ1) is 16.5. The molecule has 2 atom stereocenters. The number of amides is 1. The van der Waals surface area contributed by atoms with Gasteiger partial charge in [0.05, 0.1) is 11.1 Å². The molecule has 0 spiro atoms. The molecule has 1 aromatic heterocycles. The van der Waals surface area contributed by atoms with Crippen LogP contribution in [0.5, 0.6) is 0 Å². The Kier molecular flexibility index (Phi) is 4.26. The SMILES string of the molecule is Cc1noc(-c2ccccc2C(=O)N2C[C@@H](N)[C@H](c3ccccc3)C2)n1. The van der Waals surface area contributed by atoms with Crippen molar-refractivity contribution in [1.82, 2.24) is 15.0 Å². The fraction of sp³-hybridized carbons (Fsp3) is 0.250. The minimum absolute atomic E-state index is 0.0645. The highest BCUT2D eigenvalue weighted by Crippen LogP contribution is 2.29. The fourth-order valence-corrected chi connectivity index (χ4v) is 3.48. The lowest BCUT2D eigenvalue weighted by Crippen LogP contribution is -2.32. The minimum Gasteiger partial charge on any atom is -0.336 e. The van der Waals surface area contributed by atoms with Gasteiger partial charge in [-0.2, -0.15) is 4.98 Å². The summed E-state index contributed by atoms with van der Waals surface area (Å²) in [4.78, 5) is 19.2. The summed E-state index contributed by atoms with van der Waals surface area (Å²) in [5, 5.41) is 3.82. The van der Waals surface area contributed by atoms with Crippen LogP contribution in [0.3, 0.4) is 0 Å². The van der Waals surface area contributed by atoms with Crippen LogP contribution in [-0.2, 0) is 0 Å². The molecule has 0 radical (unpaired) electrons. The Morgan fingerprint density at radius 2 is 1.85 bits per heavy atom. The quantitative estimate of drug-likeness (QED) is 0.786. The monoisotopic (exact) mass is 348 g/mol. The standard InChI is InChI=1S/C20H20N4O2/c1-13-22-19(26-23-13)15-9-5-6-10-16(15)20(25)24-11-17(18(21)12-24)14-7-3-2-4-8-14/h2-10,17-18H,11-12,21H2,1H3/t17-,18+/m0/s1. The summed E-state index contributed by atoms with van der Waals surface area (Å²) in [7, 11) is 0. The molecule has 0 unspecified atom stereocenters. The molecular formula is C20H20N4O2. The molecule has 1 fully saturated rings. The van der Waals surface area contributed by atoms with Gasteiger partial charge in [0.1, 0.15) is 0 Å². The van der Waals surface area contributed by atoms with Crippen LogP contribution in [0.1, 0.15) is 27.7 Å². The number of carbonyl (C=O) groups is 1. The molecular weight excluding hydrogens is 328 g/mol. The second kappa shape index (κ2) is 6.72. The molecule has 1 saturated heterocycles. The molecule has 2 aromatic carbocycles. The fourth-order valence-electron chi connectivity index (χ4n) is 3.48. The van der Waals surface area contributed by atoms with Crippen molar-refractivity contribution in [2.45, 2.75) is 18.9 Å². The number of aryl methyl sites for hydroxylation is 1. The third-order valence-electron chi connectivity index (χ3n) is 4.80. The molecule has 2 N–H and O–H groups in total. The molecule has 0 saturated carbocycles. The van der Waals surface area contributed by atoms with Gasteiger partial charge in [0.15, 0.2) is 5.82 Å². The number of nitrogens with zero attached hydrogens (tertiary/aromatic N) is 3. The Hall–Kier alpha value is -2.99. The summed E-state index contributed by atoms with van der Waals surface area (Å²) in [5.74, 6) is 0.965. The second-order valence-corrected chi connectivity index (χ2v) is 6.58. The number of nitrogens with two attached hydrogens (primary N) is 1. The van der Waals surface area contributed by atoms with Crippen molar-refractivity contribution >= 4 is 5.91 Å². The third-order valence-corrected chi connectivity index (χ3v) is 4.80. The molecule has 4 rings (SSSR count). The van der Waals surface area contributed by atoms with E-state index >= 15 is 0 Å². The smallest absolute Gasteiger partial charge is 0.258 e. The zero-order valence-corrected chi connectivity index (χ0v) is 14.5. The molecule has 3 aromatic rings. The number of likely N-dealkylation sites (tertiary alicyclic amines) is 1. The van der Waals surface area contributed by atoms with Crippen LogP contribution < -0.4 is 5.73 Å². The predicted molar refractivity (Wildman–Crippen MR) is 97.5 cm³/mol. The van der Waals surface area contributed by atoms with Gasteiger partial charge in [-0.15, -0.1) is 0 Å². The minimum atomic E-state index is -0.0841. The first-order valence-electron chi connectivity index (χ1n) is 8.63. The van der Waals surface area contributed by atoms with E-state index in [2.05, 4.69) is 22.3 Å². The van der Waals surface area contributed by atoms with Crippen molar-refractivity contribution in [1.29, 1.82) is 0 Å². The van der Waals surface area contributed by atoms with Crippen LogP contribution >= 0.6 is 0 Å². The average molecular weight is 348 g/mol. The lowest BCUT2D eigenvalue weighted by atomic mass is 9.95. The molecule has 1 aliphatic heterocycles. The maximum Gasteiger partial charge on any atom is 0.258 e. The molecule has 132 valence electrons. The van der Waals surface area contributed by atoms with E-state index in [9.17, 15) is 4.79 Å². The summed E-state index contributed by atoms with van der Waals surface area (Å²) >= 11 is 0. The number of aromatic nitrogens is 2.